The Balaban J connectivity index is 1.56. The van der Waals surface area contributed by atoms with Crippen molar-refractivity contribution in [2.75, 3.05) is 0 Å². The molecular formula is C21H16N4O3. The molecule has 0 aliphatic carbocycles. The highest BCUT2D eigenvalue weighted by molar-refractivity contribution is 6.07. The SMILES string of the molecule is CC1(c2ccc(C#N)cc2)NC(=O)N(Cc2ncc(-c3ccccc3)o2)C1=O. The van der Waals surface area contributed by atoms with E-state index in [-0.39, 0.29) is 12.4 Å². The second-order valence-corrected chi connectivity index (χ2v) is 6.62. The van der Waals surface area contributed by atoms with Gasteiger partial charge in [-0.05, 0) is 24.6 Å². The van der Waals surface area contributed by atoms with E-state index in [2.05, 4.69) is 10.3 Å². The van der Waals surface area contributed by atoms with Crippen molar-refractivity contribution < 1.29 is 14.0 Å². The fraction of sp³-hybridized carbons (Fsp3) is 0.143. The van der Waals surface area contributed by atoms with Crippen LogP contribution < -0.4 is 5.32 Å². The summed E-state index contributed by atoms with van der Waals surface area (Å²) in [7, 11) is 0. The van der Waals surface area contributed by atoms with Gasteiger partial charge in [0.25, 0.3) is 5.91 Å². The Labute approximate surface area is 161 Å². The lowest BCUT2D eigenvalue weighted by Crippen LogP contribution is -2.40. The molecule has 1 saturated heterocycles. The molecule has 2 heterocycles. The number of nitriles is 1. The molecule has 1 aromatic heterocycles. The highest BCUT2D eigenvalue weighted by Gasteiger charge is 2.49. The largest absolute Gasteiger partial charge is 0.439 e. The summed E-state index contributed by atoms with van der Waals surface area (Å²) >= 11 is 0. The third-order valence-electron chi connectivity index (χ3n) is 4.77. The summed E-state index contributed by atoms with van der Waals surface area (Å²) in [6.45, 7) is 1.57. The van der Waals surface area contributed by atoms with Crippen LogP contribution in [0.4, 0.5) is 4.79 Å². The Morgan fingerprint density at radius 2 is 1.86 bits per heavy atom. The molecule has 7 heteroatoms. The lowest BCUT2D eigenvalue weighted by molar-refractivity contribution is -0.131. The number of urea groups is 1. The Bertz CT molecular complexity index is 1080. The summed E-state index contributed by atoms with van der Waals surface area (Å²) in [6, 6.07) is 17.5. The first-order chi connectivity index (χ1) is 13.5. The van der Waals surface area contributed by atoms with E-state index in [1.807, 2.05) is 36.4 Å². The predicted octanol–water partition coefficient (Wildman–Crippen LogP) is 3.18. The van der Waals surface area contributed by atoms with Gasteiger partial charge >= 0.3 is 6.03 Å². The molecule has 1 N–H and O–H groups in total. The Morgan fingerprint density at radius 3 is 2.54 bits per heavy atom. The van der Waals surface area contributed by atoms with Gasteiger partial charge < -0.3 is 9.73 Å². The molecule has 1 unspecified atom stereocenters. The fourth-order valence-electron chi connectivity index (χ4n) is 3.17. The standard InChI is InChI=1S/C21H16N4O3/c1-21(16-9-7-14(11-22)8-10-16)19(26)25(20(27)24-21)13-18-23-12-17(28-18)15-5-3-2-4-6-15/h2-10,12H,13H2,1H3,(H,24,27). The smallest absolute Gasteiger partial charge is 0.325 e. The average Bonchev–Trinajstić information content (AvgIpc) is 3.28. The minimum absolute atomic E-state index is 0.0661. The minimum atomic E-state index is -1.21. The number of rotatable bonds is 4. The van der Waals surface area contributed by atoms with Crippen LogP contribution in [-0.4, -0.2) is 21.8 Å². The summed E-state index contributed by atoms with van der Waals surface area (Å²) in [6.07, 6.45) is 1.57. The van der Waals surface area contributed by atoms with Gasteiger partial charge in [0.05, 0.1) is 17.8 Å². The third-order valence-corrected chi connectivity index (χ3v) is 4.77. The van der Waals surface area contributed by atoms with Crippen LogP contribution in [0.3, 0.4) is 0 Å². The number of nitrogens with zero attached hydrogens (tertiary/aromatic N) is 3. The monoisotopic (exact) mass is 372 g/mol. The number of hydrogen-bond acceptors (Lipinski definition) is 5. The highest BCUT2D eigenvalue weighted by atomic mass is 16.4. The van der Waals surface area contributed by atoms with Gasteiger partial charge in [0.2, 0.25) is 5.89 Å². The van der Waals surface area contributed by atoms with Gasteiger partial charge in [-0.15, -0.1) is 0 Å². The molecule has 1 aliphatic heterocycles. The van der Waals surface area contributed by atoms with E-state index < -0.39 is 17.5 Å². The Kier molecular flexibility index (Phi) is 4.17. The zero-order valence-corrected chi connectivity index (χ0v) is 15.0. The number of amides is 3. The highest BCUT2D eigenvalue weighted by Crippen LogP contribution is 2.30. The number of nitrogens with one attached hydrogen (secondary N) is 1. The number of benzene rings is 2. The normalized spacial score (nSPS) is 18.8. The summed E-state index contributed by atoms with van der Waals surface area (Å²) in [5.74, 6) is 0.436. The molecule has 1 atom stereocenters. The van der Waals surface area contributed by atoms with Crippen LogP contribution in [0, 0.1) is 11.3 Å². The van der Waals surface area contributed by atoms with Gasteiger partial charge in [-0.25, -0.2) is 9.78 Å². The summed E-state index contributed by atoms with van der Waals surface area (Å²) in [4.78, 5) is 30.7. The predicted molar refractivity (Wildman–Crippen MR) is 99.5 cm³/mol. The molecule has 0 saturated carbocycles. The molecule has 3 amide bonds. The van der Waals surface area contributed by atoms with E-state index in [0.717, 1.165) is 10.5 Å². The maximum atomic E-state index is 13.0. The first-order valence-electron chi connectivity index (χ1n) is 8.66. The first kappa shape index (κ1) is 17.5. The Hall–Kier alpha value is -3.92. The third kappa shape index (κ3) is 2.91. The van der Waals surface area contributed by atoms with Crippen LogP contribution in [0.25, 0.3) is 11.3 Å². The maximum Gasteiger partial charge on any atom is 0.325 e. The van der Waals surface area contributed by atoms with Gasteiger partial charge in [-0.1, -0.05) is 42.5 Å². The number of imide groups is 1. The first-order valence-corrected chi connectivity index (χ1v) is 8.66. The lowest BCUT2D eigenvalue weighted by atomic mass is 9.91. The van der Waals surface area contributed by atoms with Gasteiger partial charge in [0, 0.05) is 5.56 Å². The van der Waals surface area contributed by atoms with Crippen molar-refractivity contribution in [1.82, 2.24) is 15.2 Å². The van der Waals surface area contributed by atoms with Crippen molar-refractivity contribution in [3.05, 3.63) is 77.8 Å². The number of hydrogen-bond donors (Lipinski definition) is 1. The van der Waals surface area contributed by atoms with Crippen molar-refractivity contribution in [1.29, 1.82) is 5.26 Å². The van der Waals surface area contributed by atoms with E-state index in [1.54, 1.807) is 37.4 Å². The van der Waals surface area contributed by atoms with Crippen molar-refractivity contribution in [3.8, 4) is 17.4 Å². The second-order valence-electron chi connectivity index (χ2n) is 6.62. The number of aromatic nitrogens is 1. The van der Waals surface area contributed by atoms with Gasteiger partial charge in [0.15, 0.2) is 5.76 Å². The van der Waals surface area contributed by atoms with Gasteiger partial charge in [-0.2, -0.15) is 5.26 Å². The van der Waals surface area contributed by atoms with Gasteiger partial charge in [-0.3, -0.25) is 9.69 Å². The average molecular weight is 372 g/mol. The van der Waals surface area contributed by atoms with E-state index in [1.165, 1.54) is 0 Å². The van der Waals surface area contributed by atoms with Crippen molar-refractivity contribution in [2.45, 2.75) is 19.0 Å². The van der Waals surface area contributed by atoms with Crippen molar-refractivity contribution >= 4 is 11.9 Å². The number of carbonyl (C=O) groups is 2. The van der Waals surface area contributed by atoms with Crippen LogP contribution in [0.1, 0.15) is 23.9 Å². The van der Waals surface area contributed by atoms with Crippen molar-refractivity contribution in [3.63, 3.8) is 0 Å². The molecule has 138 valence electrons. The van der Waals surface area contributed by atoms with Crippen LogP contribution in [-0.2, 0) is 16.9 Å². The van der Waals surface area contributed by atoms with Crippen molar-refractivity contribution in [2.24, 2.45) is 0 Å². The number of carbonyl (C=O) groups excluding carboxylic acids is 2. The molecule has 1 fully saturated rings. The molecule has 4 rings (SSSR count). The van der Waals surface area contributed by atoms with Crippen LogP contribution >= 0.6 is 0 Å². The molecule has 0 radical (unpaired) electrons. The quantitative estimate of drug-likeness (QED) is 0.709. The second kappa shape index (κ2) is 6.67. The molecule has 28 heavy (non-hydrogen) atoms. The van der Waals surface area contributed by atoms with Gasteiger partial charge in [0.1, 0.15) is 12.1 Å². The molecule has 0 spiro atoms. The van der Waals surface area contributed by atoms with E-state index in [4.69, 9.17) is 9.68 Å². The lowest BCUT2D eigenvalue weighted by Gasteiger charge is -2.22. The molecule has 7 nitrogen and oxygen atoms in total. The summed E-state index contributed by atoms with van der Waals surface area (Å²) < 4.78 is 5.71. The summed E-state index contributed by atoms with van der Waals surface area (Å²) in [5, 5.41) is 11.7. The van der Waals surface area contributed by atoms with E-state index >= 15 is 0 Å². The molecular weight excluding hydrogens is 356 g/mol. The maximum absolute atomic E-state index is 13.0. The topological polar surface area (TPSA) is 99.2 Å². The van der Waals surface area contributed by atoms with Crippen LogP contribution in [0.15, 0.2) is 65.2 Å². The molecule has 0 bridgehead atoms. The van der Waals surface area contributed by atoms with Crippen LogP contribution in [0.2, 0.25) is 0 Å². The van der Waals surface area contributed by atoms with Crippen LogP contribution in [0.5, 0.6) is 0 Å². The molecule has 1 aliphatic rings. The molecule has 3 aromatic rings. The zero-order chi connectivity index (χ0) is 19.7. The zero-order valence-electron chi connectivity index (χ0n) is 15.0. The molecule has 2 aromatic carbocycles. The van der Waals surface area contributed by atoms with E-state index in [0.29, 0.717) is 16.9 Å². The Morgan fingerprint density at radius 1 is 1.14 bits per heavy atom. The minimum Gasteiger partial charge on any atom is -0.439 e. The summed E-state index contributed by atoms with van der Waals surface area (Å²) in [5.41, 5.74) is 0.736. The van der Waals surface area contributed by atoms with E-state index in [9.17, 15) is 9.59 Å². The fourth-order valence-corrected chi connectivity index (χ4v) is 3.17. The number of oxazole rings is 1.